The maximum Gasteiger partial charge on any atom is 0.238 e. The van der Waals surface area contributed by atoms with E-state index in [-0.39, 0.29) is 5.96 Å². The number of nitrogens with two attached hydrogens (primary N) is 1. The van der Waals surface area contributed by atoms with Crippen molar-refractivity contribution in [1.29, 1.82) is 0 Å². The lowest BCUT2D eigenvalue weighted by molar-refractivity contribution is 0.0751. The second-order valence-electron chi connectivity index (χ2n) is 7.00. The van der Waals surface area contributed by atoms with Gasteiger partial charge in [0.05, 0.1) is 30.4 Å². The third kappa shape index (κ3) is 3.85. The Morgan fingerprint density at radius 2 is 1.71 bits per heavy atom. The summed E-state index contributed by atoms with van der Waals surface area (Å²) in [5.41, 5.74) is 9.76. The maximum atomic E-state index is 6.03. The number of nitrogens with one attached hydrogen (secondary N) is 1. The highest BCUT2D eigenvalue weighted by molar-refractivity contribution is 7.18. The van der Waals surface area contributed by atoms with E-state index in [9.17, 15) is 0 Å². The third-order valence-electron chi connectivity index (χ3n) is 4.74. The van der Waals surface area contributed by atoms with Crippen LogP contribution in [0.5, 0.6) is 0 Å². The summed E-state index contributed by atoms with van der Waals surface area (Å²) in [7, 11) is 0. The monoisotopic (exact) mass is 451 g/mol. The number of rotatable bonds is 4. The third-order valence-corrected chi connectivity index (χ3v) is 6.60. The van der Waals surface area contributed by atoms with Gasteiger partial charge in [-0.25, -0.2) is 9.97 Å². The van der Waals surface area contributed by atoms with Gasteiger partial charge < -0.3 is 15.8 Å². The number of hydrogen-bond acceptors (Lipinski definition) is 10. The summed E-state index contributed by atoms with van der Waals surface area (Å²) in [6.07, 6.45) is -0.620. The van der Waals surface area contributed by atoms with Crippen molar-refractivity contribution < 1.29 is 4.74 Å². The molecule has 1 unspecified atom stereocenters. The molecule has 5 rings (SSSR count). The van der Waals surface area contributed by atoms with Crippen molar-refractivity contribution in [3.05, 3.63) is 46.4 Å². The number of benzene rings is 2. The predicted molar refractivity (Wildman–Crippen MR) is 129 cm³/mol. The number of aliphatic imine (C=N–C) groups is 2. The number of aryl methyl sites for hydroxylation is 2. The molecule has 0 spiro atoms. The van der Waals surface area contributed by atoms with Crippen molar-refractivity contribution in [2.24, 2.45) is 15.7 Å². The second-order valence-corrected chi connectivity index (χ2v) is 9.47. The van der Waals surface area contributed by atoms with Crippen molar-refractivity contribution in [1.82, 2.24) is 9.97 Å². The normalized spacial score (nSPS) is 16.6. The van der Waals surface area contributed by atoms with E-state index in [1.807, 2.05) is 49.9 Å². The van der Waals surface area contributed by atoms with E-state index in [4.69, 9.17) is 10.5 Å². The van der Waals surface area contributed by atoms with Gasteiger partial charge in [0.1, 0.15) is 0 Å². The number of thiazole rings is 2. The zero-order valence-electron chi connectivity index (χ0n) is 17.3. The standard InChI is InChI=1S/C21H21N7OS2/c1-4-29-21-27-19(22)26-20(25-13-5-7-15-17(9-13)30-11(2)23-15)28(21)14-6-8-16-18(10-14)31-12(3)24-16/h5-10,21H,4H2,1-3H3,(H3,22,25,26,27). The first-order valence-electron chi connectivity index (χ1n) is 9.84. The van der Waals surface area contributed by atoms with Crippen molar-refractivity contribution >= 4 is 66.4 Å². The number of fused-ring (bicyclic) bond motifs is 2. The zero-order valence-corrected chi connectivity index (χ0v) is 18.9. The van der Waals surface area contributed by atoms with Crippen LogP contribution in [0.4, 0.5) is 11.4 Å². The lowest BCUT2D eigenvalue weighted by atomic mass is 10.2. The Bertz CT molecular complexity index is 1340. The molecule has 2 aromatic carbocycles. The largest absolute Gasteiger partial charge is 0.368 e. The van der Waals surface area contributed by atoms with Gasteiger partial charge in [-0.3, -0.25) is 4.90 Å². The number of ether oxygens (including phenoxy) is 1. The Labute approximate surface area is 187 Å². The molecular weight excluding hydrogens is 430 g/mol. The fourth-order valence-electron chi connectivity index (χ4n) is 3.49. The first-order chi connectivity index (χ1) is 15.0. The Balaban J connectivity index is 1.55. The fourth-order valence-corrected chi connectivity index (χ4v) is 5.22. The highest BCUT2D eigenvalue weighted by Crippen LogP contribution is 2.30. The van der Waals surface area contributed by atoms with E-state index in [1.165, 1.54) is 0 Å². The van der Waals surface area contributed by atoms with Crippen molar-refractivity contribution in [3.8, 4) is 0 Å². The molecule has 1 atom stereocenters. The van der Waals surface area contributed by atoms with Gasteiger partial charge >= 0.3 is 0 Å². The second kappa shape index (κ2) is 7.88. The molecular formula is C21H21N7OS2. The summed E-state index contributed by atoms with van der Waals surface area (Å²) in [5.74, 6) is 0.716. The highest BCUT2D eigenvalue weighted by atomic mass is 32.1. The van der Waals surface area contributed by atoms with Gasteiger partial charge in [0, 0.05) is 18.0 Å². The van der Waals surface area contributed by atoms with E-state index in [1.54, 1.807) is 22.7 Å². The Morgan fingerprint density at radius 3 is 2.42 bits per heavy atom. The Hall–Kier alpha value is -3.08. The van der Waals surface area contributed by atoms with Gasteiger partial charge in [0.2, 0.25) is 18.3 Å². The van der Waals surface area contributed by atoms with Gasteiger partial charge in [-0.05, 0) is 57.2 Å². The number of guanidine groups is 2. The molecule has 31 heavy (non-hydrogen) atoms. The predicted octanol–water partition coefficient (Wildman–Crippen LogP) is 4.45. The van der Waals surface area contributed by atoms with Gasteiger partial charge in [0.25, 0.3) is 0 Å². The van der Waals surface area contributed by atoms with Crippen LogP contribution in [0, 0.1) is 13.8 Å². The molecule has 8 nitrogen and oxygen atoms in total. The molecule has 0 aliphatic carbocycles. The van der Waals surface area contributed by atoms with Crippen LogP contribution in [0.15, 0.2) is 46.4 Å². The lowest BCUT2D eigenvalue weighted by Crippen LogP contribution is -2.49. The topological polar surface area (TPSA) is 101 Å². The van der Waals surface area contributed by atoms with Gasteiger partial charge in [0.15, 0.2) is 0 Å². The molecule has 2 aromatic heterocycles. The lowest BCUT2D eigenvalue weighted by Gasteiger charge is -2.33. The van der Waals surface area contributed by atoms with E-state index >= 15 is 0 Å². The van der Waals surface area contributed by atoms with Crippen LogP contribution in [0.1, 0.15) is 16.9 Å². The first kappa shape index (κ1) is 19.9. The zero-order chi connectivity index (χ0) is 21.5. The molecule has 3 heterocycles. The molecule has 0 bridgehead atoms. The highest BCUT2D eigenvalue weighted by Gasteiger charge is 2.29. The summed E-state index contributed by atoms with van der Waals surface area (Å²) in [6.45, 7) is 6.43. The van der Waals surface area contributed by atoms with Gasteiger partial charge in [-0.1, -0.05) is 0 Å². The van der Waals surface area contributed by atoms with Crippen molar-refractivity contribution in [2.45, 2.75) is 27.1 Å². The van der Waals surface area contributed by atoms with E-state index in [2.05, 4.69) is 37.4 Å². The van der Waals surface area contributed by atoms with Gasteiger partial charge in [-0.15, -0.1) is 22.7 Å². The molecule has 1 aliphatic heterocycles. The quantitative estimate of drug-likeness (QED) is 0.475. The van der Waals surface area contributed by atoms with Crippen LogP contribution in [-0.4, -0.2) is 34.8 Å². The molecule has 1 aliphatic rings. The van der Waals surface area contributed by atoms with E-state index in [0.29, 0.717) is 12.6 Å². The first-order valence-corrected chi connectivity index (χ1v) is 11.5. The molecule has 0 saturated carbocycles. The van der Waals surface area contributed by atoms with E-state index in [0.717, 1.165) is 41.8 Å². The van der Waals surface area contributed by atoms with Crippen molar-refractivity contribution in [2.75, 3.05) is 16.8 Å². The molecule has 3 N–H and O–H groups in total. The summed E-state index contributed by atoms with van der Waals surface area (Å²) in [5, 5.41) is 5.46. The van der Waals surface area contributed by atoms with Crippen LogP contribution < -0.4 is 16.0 Å². The minimum absolute atomic E-state index is 0.168. The number of hydrogen-bond donors (Lipinski definition) is 2. The summed E-state index contributed by atoms with van der Waals surface area (Å²) in [6, 6.07) is 12.1. The minimum atomic E-state index is -0.620. The van der Waals surface area contributed by atoms with Crippen molar-refractivity contribution in [3.63, 3.8) is 0 Å². The van der Waals surface area contributed by atoms with Crippen LogP contribution >= 0.6 is 22.7 Å². The summed E-state index contributed by atoms with van der Waals surface area (Å²) < 4.78 is 8.09. The molecule has 158 valence electrons. The number of nitrogens with zero attached hydrogens (tertiary/aromatic N) is 5. The summed E-state index contributed by atoms with van der Waals surface area (Å²) in [4.78, 5) is 19.9. The average Bonchev–Trinajstić information content (AvgIpc) is 3.27. The van der Waals surface area contributed by atoms with Crippen LogP contribution in [-0.2, 0) is 4.74 Å². The Kier molecular flexibility index (Phi) is 5.05. The van der Waals surface area contributed by atoms with Crippen LogP contribution in [0.2, 0.25) is 0 Å². The van der Waals surface area contributed by atoms with Gasteiger partial charge in [-0.2, -0.15) is 9.98 Å². The number of anilines is 2. The average molecular weight is 452 g/mol. The van der Waals surface area contributed by atoms with Crippen LogP contribution in [0.3, 0.4) is 0 Å². The molecule has 0 saturated heterocycles. The number of aromatic nitrogens is 2. The fraction of sp³-hybridized carbons (Fsp3) is 0.238. The minimum Gasteiger partial charge on any atom is -0.368 e. The van der Waals surface area contributed by atoms with Crippen LogP contribution in [0.25, 0.3) is 20.4 Å². The molecule has 0 radical (unpaired) electrons. The smallest absolute Gasteiger partial charge is 0.238 e. The maximum absolute atomic E-state index is 6.03. The van der Waals surface area contributed by atoms with E-state index < -0.39 is 6.35 Å². The molecule has 0 fully saturated rings. The molecule has 10 heteroatoms. The molecule has 0 amide bonds. The molecule has 4 aromatic rings. The summed E-state index contributed by atoms with van der Waals surface area (Å²) >= 11 is 3.30. The SMILES string of the molecule is CCOC1N=C(N)N=C(Nc2ccc3nc(C)sc3c2)N1c1ccc2nc(C)sc2c1. The Morgan fingerprint density at radius 1 is 1.03 bits per heavy atom.